The van der Waals surface area contributed by atoms with Gasteiger partial charge in [0.25, 0.3) is 0 Å². The summed E-state index contributed by atoms with van der Waals surface area (Å²) in [6.07, 6.45) is 1.54. The second-order valence-corrected chi connectivity index (χ2v) is 4.74. The van der Waals surface area contributed by atoms with E-state index in [1.807, 2.05) is 24.3 Å². The zero-order valence-corrected chi connectivity index (χ0v) is 12.2. The van der Waals surface area contributed by atoms with Gasteiger partial charge in [0, 0.05) is 11.6 Å². The van der Waals surface area contributed by atoms with E-state index in [1.54, 1.807) is 6.21 Å². The van der Waals surface area contributed by atoms with Crippen LogP contribution in [-0.2, 0) is 6.61 Å². The average Bonchev–Trinajstić information content (AvgIpc) is 2.49. The average molecular weight is 321 g/mol. The third-order valence-corrected chi connectivity index (χ3v) is 2.81. The molecule has 0 bridgehead atoms. The summed E-state index contributed by atoms with van der Waals surface area (Å²) in [6, 6.07) is 10.7. The summed E-state index contributed by atoms with van der Waals surface area (Å²) >= 11 is 4.64. The highest BCUT2D eigenvalue weighted by Crippen LogP contribution is 2.17. The second-order valence-electron chi connectivity index (χ2n) is 4.30. The number of hydrogen-bond donors (Lipinski definition) is 2. The second kappa shape index (κ2) is 7.46. The fourth-order valence-electron chi connectivity index (χ4n) is 1.68. The Morgan fingerprint density at radius 2 is 2.00 bits per heavy atom. The number of hydrazone groups is 1. The van der Waals surface area contributed by atoms with Crippen molar-refractivity contribution in [1.29, 1.82) is 0 Å². The van der Waals surface area contributed by atoms with Gasteiger partial charge in [-0.05, 0) is 29.9 Å². The molecule has 4 nitrogen and oxygen atoms in total. The molecule has 0 saturated heterocycles. The first-order valence-electron chi connectivity index (χ1n) is 6.30. The van der Waals surface area contributed by atoms with Crippen LogP contribution in [0.2, 0.25) is 0 Å². The molecule has 2 rings (SSSR count). The third kappa shape index (κ3) is 4.49. The molecule has 0 unspecified atom stereocenters. The van der Waals surface area contributed by atoms with E-state index in [-0.39, 0.29) is 17.5 Å². The van der Waals surface area contributed by atoms with Gasteiger partial charge in [0.05, 0.1) is 6.21 Å². The highest BCUT2D eigenvalue weighted by molar-refractivity contribution is 7.80. The van der Waals surface area contributed by atoms with E-state index < -0.39 is 11.6 Å². The molecule has 0 amide bonds. The number of thiocarbonyl (C=S) groups is 1. The lowest BCUT2D eigenvalue weighted by Crippen LogP contribution is -2.24. The van der Waals surface area contributed by atoms with Crippen molar-refractivity contribution < 1.29 is 13.5 Å². The van der Waals surface area contributed by atoms with Gasteiger partial charge >= 0.3 is 0 Å². The maximum atomic E-state index is 13.1. The van der Waals surface area contributed by atoms with Crippen molar-refractivity contribution in [3.8, 4) is 5.75 Å². The first-order chi connectivity index (χ1) is 10.6. The van der Waals surface area contributed by atoms with E-state index in [9.17, 15) is 8.78 Å². The Bertz CT molecular complexity index is 707. The van der Waals surface area contributed by atoms with Gasteiger partial charge in [-0.1, -0.05) is 24.3 Å². The van der Waals surface area contributed by atoms with Crippen LogP contribution in [0.4, 0.5) is 8.78 Å². The van der Waals surface area contributed by atoms with Crippen LogP contribution in [0, 0.1) is 11.6 Å². The summed E-state index contributed by atoms with van der Waals surface area (Å²) in [6.45, 7) is 0.181. The van der Waals surface area contributed by atoms with Crippen LogP contribution in [0.25, 0.3) is 0 Å². The minimum atomic E-state index is -0.951. The summed E-state index contributed by atoms with van der Waals surface area (Å²) < 4.78 is 31.4. The smallest absolute Gasteiger partial charge is 0.184 e. The van der Waals surface area contributed by atoms with E-state index in [4.69, 9.17) is 10.5 Å². The third-order valence-electron chi connectivity index (χ3n) is 2.72. The van der Waals surface area contributed by atoms with E-state index in [2.05, 4.69) is 22.7 Å². The minimum Gasteiger partial charge on any atom is -0.489 e. The van der Waals surface area contributed by atoms with Crippen LogP contribution in [0.5, 0.6) is 5.75 Å². The van der Waals surface area contributed by atoms with Crippen molar-refractivity contribution in [2.75, 3.05) is 0 Å². The van der Waals surface area contributed by atoms with Crippen LogP contribution in [0.1, 0.15) is 11.1 Å². The minimum absolute atomic E-state index is 0.0618. The molecule has 0 aliphatic carbocycles. The number of hydrogen-bond acceptors (Lipinski definition) is 3. The molecule has 3 N–H and O–H groups in total. The highest BCUT2D eigenvalue weighted by Gasteiger charge is 2.05. The SMILES string of the molecule is NC(=S)NN=Cc1ccccc1COc1ccc(F)c(F)c1. The molecule has 0 heterocycles. The van der Waals surface area contributed by atoms with Crippen molar-refractivity contribution in [2.45, 2.75) is 6.61 Å². The van der Waals surface area contributed by atoms with Crippen LogP contribution in [-0.4, -0.2) is 11.3 Å². The van der Waals surface area contributed by atoms with Crippen LogP contribution in [0.15, 0.2) is 47.6 Å². The number of halogens is 2. The van der Waals surface area contributed by atoms with E-state index in [0.717, 1.165) is 23.3 Å². The first-order valence-corrected chi connectivity index (χ1v) is 6.71. The van der Waals surface area contributed by atoms with Gasteiger partial charge in [-0.25, -0.2) is 8.78 Å². The molecule has 22 heavy (non-hydrogen) atoms. The molecule has 114 valence electrons. The Labute approximate surface area is 131 Å². The highest BCUT2D eigenvalue weighted by atomic mass is 32.1. The molecule has 0 spiro atoms. The molecule has 2 aromatic rings. The van der Waals surface area contributed by atoms with Gasteiger partial charge in [-0.2, -0.15) is 5.10 Å². The lowest BCUT2D eigenvalue weighted by molar-refractivity contribution is 0.303. The predicted octanol–water partition coefficient (Wildman–Crippen LogP) is 2.71. The summed E-state index contributed by atoms with van der Waals surface area (Å²) in [4.78, 5) is 0. The quantitative estimate of drug-likeness (QED) is 0.505. The van der Waals surface area contributed by atoms with Crippen molar-refractivity contribution in [1.82, 2.24) is 5.43 Å². The van der Waals surface area contributed by atoms with Crippen LogP contribution < -0.4 is 15.9 Å². The first kappa shape index (κ1) is 15.8. The van der Waals surface area contributed by atoms with Gasteiger partial charge in [0.1, 0.15) is 12.4 Å². The molecular weight excluding hydrogens is 308 g/mol. The Morgan fingerprint density at radius 1 is 1.23 bits per heavy atom. The van der Waals surface area contributed by atoms with Gasteiger partial charge in [-0.15, -0.1) is 0 Å². The summed E-state index contributed by atoms with van der Waals surface area (Å²) in [5, 5.41) is 3.94. The fraction of sp³-hybridized carbons (Fsp3) is 0.0667. The zero-order valence-electron chi connectivity index (χ0n) is 11.4. The fourth-order valence-corrected chi connectivity index (χ4v) is 1.74. The maximum absolute atomic E-state index is 13.1. The number of benzene rings is 2. The van der Waals surface area contributed by atoms with Crippen molar-refractivity contribution in [3.05, 3.63) is 65.2 Å². The number of ether oxygens (including phenoxy) is 1. The molecule has 0 aliphatic rings. The number of rotatable bonds is 5. The van der Waals surface area contributed by atoms with Crippen LogP contribution >= 0.6 is 12.2 Å². The summed E-state index contributed by atoms with van der Waals surface area (Å²) in [5.41, 5.74) is 9.33. The summed E-state index contributed by atoms with van der Waals surface area (Å²) in [5.74, 6) is -1.62. The normalized spacial score (nSPS) is 10.6. The monoisotopic (exact) mass is 321 g/mol. The van der Waals surface area contributed by atoms with Gasteiger partial charge < -0.3 is 10.5 Å². The van der Waals surface area contributed by atoms with Crippen molar-refractivity contribution in [3.63, 3.8) is 0 Å². The maximum Gasteiger partial charge on any atom is 0.184 e. The van der Waals surface area contributed by atoms with Gasteiger partial charge in [0.2, 0.25) is 0 Å². The lowest BCUT2D eigenvalue weighted by atomic mass is 10.1. The van der Waals surface area contributed by atoms with E-state index >= 15 is 0 Å². The Kier molecular flexibility index (Phi) is 5.37. The molecule has 0 aliphatic heterocycles. The lowest BCUT2D eigenvalue weighted by Gasteiger charge is -2.09. The summed E-state index contributed by atoms with van der Waals surface area (Å²) in [7, 11) is 0. The van der Waals surface area contributed by atoms with Gasteiger partial charge in [0.15, 0.2) is 16.7 Å². The number of nitrogens with one attached hydrogen (secondary N) is 1. The Hall–Kier alpha value is -2.54. The topological polar surface area (TPSA) is 59.6 Å². The van der Waals surface area contributed by atoms with Gasteiger partial charge in [-0.3, -0.25) is 5.43 Å². The Balaban J connectivity index is 2.07. The van der Waals surface area contributed by atoms with E-state index in [1.165, 1.54) is 6.07 Å². The van der Waals surface area contributed by atoms with Crippen LogP contribution in [0.3, 0.4) is 0 Å². The number of nitrogens with two attached hydrogens (primary N) is 1. The predicted molar refractivity (Wildman–Crippen MR) is 84.6 cm³/mol. The number of nitrogens with zero attached hydrogens (tertiary/aromatic N) is 1. The van der Waals surface area contributed by atoms with E-state index in [0.29, 0.717) is 0 Å². The van der Waals surface area contributed by atoms with Crippen molar-refractivity contribution in [2.24, 2.45) is 10.8 Å². The molecule has 7 heteroatoms. The molecule has 0 aromatic heterocycles. The molecule has 0 atom stereocenters. The Morgan fingerprint density at radius 3 is 2.73 bits per heavy atom. The zero-order chi connectivity index (χ0) is 15.9. The molecule has 0 radical (unpaired) electrons. The molecular formula is C15H13F2N3OS. The molecule has 2 aromatic carbocycles. The largest absolute Gasteiger partial charge is 0.489 e. The van der Waals surface area contributed by atoms with Crippen molar-refractivity contribution >= 4 is 23.5 Å². The molecule has 0 saturated carbocycles. The standard InChI is InChI=1S/C15H13F2N3OS/c16-13-6-5-12(7-14(13)17)21-9-11-4-2-1-3-10(11)8-19-20-15(18)22/h1-8H,9H2,(H3,18,20,22). The molecule has 0 fully saturated rings.